The molecular weight excluding hydrogens is 404 g/mol. The number of nitrogens with zero attached hydrogens (tertiary/aromatic N) is 1. The summed E-state index contributed by atoms with van der Waals surface area (Å²) in [6, 6.07) is 3.04. The van der Waals surface area contributed by atoms with Gasteiger partial charge in [-0.3, -0.25) is 14.5 Å². The first-order valence-electron chi connectivity index (χ1n) is 6.49. The van der Waals surface area contributed by atoms with Crippen molar-refractivity contribution < 1.29 is 14.3 Å². The van der Waals surface area contributed by atoms with Crippen molar-refractivity contribution in [2.24, 2.45) is 5.92 Å². The first-order chi connectivity index (χ1) is 9.85. The van der Waals surface area contributed by atoms with Crippen LogP contribution in [0.25, 0.3) is 0 Å². The molecule has 0 saturated carbocycles. The maximum Gasteiger partial charge on any atom is 0.250 e. The molecule has 0 spiro atoms. The molecule has 114 valence electrons. The summed E-state index contributed by atoms with van der Waals surface area (Å²) in [5, 5.41) is 2.74. The summed E-state index contributed by atoms with van der Waals surface area (Å²) in [7, 11) is 1.55. The number of rotatable bonds is 3. The Labute approximate surface area is 140 Å². The monoisotopic (exact) mass is 418 g/mol. The van der Waals surface area contributed by atoms with Gasteiger partial charge in [-0.1, -0.05) is 13.8 Å². The number of carbonyl (C=O) groups excluding carboxylic acids is 2. The molecule has 1 N–H and O–H groups in total. The quantitative estimate of drug-likeness (QED) is 0.819. The molecule has 0 aliphatic carbocycles. The highest BCUT2D eigenvalue weighted by molar-refractivity contribution is 9.11. The normalized spacial score (nSPS) is 19.0. The van der Waals surface area contributed by atoms with Gasteiger partial charge in [0.05, 0.1) is 17.3 Å². The second-order valence-electron chi connectivity index (χ2n) is 5.15. The van der Waals surface area contributed by atoms with E-state index in [0.717, 1.165) is 8.95 Å². The third kappa shape index (κ3) is 3.23. The molecule has 0 radical (unpaired) electrons. The molecule has 2 rings (SSSR count). The molecule has 5 nitrogen and oxygen atoms in total. The summed E-state index contributed by atoms with van der Waals surface area (Å²) in [4.78, 5) is 26.0. The predicted molar refractivity (Wildman–Crippen MR) is 87.5 cm³/mol. The summed E-state index contributed by atoms with van der Waals surface area (Å²) in [6.45, 7) is 3.82. The maximum atomic E-state index is 12.6. The lowest BCUT2D eigenvalue weighted by Crippen LogP contribution is -2.60. The Balaban J connectivity index is 2.44. The molecule has 0 aromatic heterocycles. The summed E-state index contributed by atoms with van der Waals surface area (Å²) in [5.41, 5.74) is 0.626. The molecule has 1 aromatic carbocycles. The number of hydrogen-bond acceptors (Lipinski definition) is 3. The van der Waals surface area contributed by atoms with E-state index in [4.69, 9.17) is 4.74 Å². The number of halogens is 2. The van der Waals surface area contributed by atoms with Crippen LogP contribution in [0, 0.1) is 5.92 Å². The Morgan fingerprint density at radius 1 is 1.29 bits per heavy atom. The van der Waals surface area contributed by atoms with E-state index >= 15 is 0 Å². The van der Waals surface area contributed by atoms with Crippen molar-refractivity contribution in [3.05, 3.63) is 21.1 Å². The lowest BCUT2D eigenvalue weighted by molar-refractivity contribution is -0.132. The Hall–Kier alpha value is -1.08. The number of methoxy groups -OCH3 is 1. The molecular formula is C14H16Br2N2O3. The standard InChI is InChI=1S/C14H16Br2N2O3/c1-7(2)13-14(20)18(6-12(19)17-13)10-5-11(21-3)9(16)4-8(10)15/h4-5,7,13H,6H2,1-3H3,(H,17,19). The van der Waals surface area contributed by atoms with E-state index in [2.05, 4.69) is 37.2 Å². The average Bonchev–Trinajstić information content (AvgIpc) is 2.41. The summed E-state index contributed by atoms with van der Waals surface area (Å²) in [6.07, 6.45) is 0. The Morgan fingerprint density at radius 3 is 2.52 bits per heavy atom. The summed E-state index contributed by atoms with van der Waals surface area (Å²) in [5.74, 6) is 0.352. The zero-order chi connectivity index (χ0) is 15.7. The minimum absolute atomic E-state index is 0.00540. The van der Waals surface area contributed by atoms with Crippen LogP contribution in [0.4, 0.5) is 5.69 Å². The van der Waals surface area contributed by atoms with Gasteiger partial charge in [0, 0.05) is 10.5 Å². The van der Waals surface area contributed by atoms with Crippen LogP contribution >= 0.6 is 31.9 Å². The van der Waals surface area contributed by atoms with Gasteiger partial charge in [0.1, 0.15) is 18.3 Å². The molecule has 1 aliphatic rings. The van der Waals surface area contributed by atoms with Gasteiger partial charge in [-0.25, -0.2) is 0 Å². The molecule has 1 aromatic rings. The molecule has 1 fully saturated rings. The first kappa shape index (κ1) is 16.3. The van der Waals surface area contributed by atoms with Crippen LogP contribution < -0.4 is 15.0 Å². The van der Waals surface area contributed by atoms with Crippen molar-refractivity contribution >= 4 is 49.4 Å². The highest BCUT2D eigenvalue weighted by atomic mass is 79.9. The number of nitrogens with one attached hydrogen (secondary N) is 1. The van der Waals surface area contributed by atoms with Crippen LogP contribution in [0.3, 0.4) is 0 Å². The highest BCUT2D eigenvalue weighted by Crippen LogP contribution is 2.37. The molecule has 1 atom stereocenters. The van der Waals surface area contributed by atoms with E-state index < -0.39 is 6.04 Å². The highest BCUT2D eigenvalue weighted by Gasteiger charge is 2.36. The smallest absolute Gasteiger partial charge is 0.250 e. The average molecular weight is 420 g/mol. The fraction of sp³-hybridized carbons (Fsp3) is 0.429. The second kappa shape index (κ2) is 6.36. The lowest BCUT2D eigenvalue weighted by atomic mass is 10.0. The third-order valence-electron chi connectivity index (χ3n) is 3.33. The second-order valence-corrected chi connectivity index (χ2v) is 6.86. The number of hydrogen-bond donors (Lipinski definition) is 1. The Bertz CT molecular complexity index is 590. The largest absolute Gasteiger partial charge is 0.495 e. The first-order valence-corrected chi connectivity index (χ1v) is 8.07. The van der Waals surface area contributed by atoms with E-state index in [1.54, 1.807) is 19.2 Å². The number of piperazine rings is 1. The Morgan fingerprint density at radius 2 is 1.95 bits per heavy atom. The molecule has 1 saturated heterocycles. The van der Waals surface area contributed by atoms with E-state index in [0.29, 0.717) is 11.4 Å². The van der Waals surface area contributed by atoms with Crippen molar-refractivity contribution in [3.63, 3.8) is 0 Å². The fourth-order valence-electron chi connectivity index (χ4n) is 2.21. The summed E-state index contributed by atoms with van der Waals surface area (Å²) >= 11 is 6.83. The molecule has 1 unspecified atom stereocenters. The van der Waals surface area contributed by atoms with Gasteiger partial charge in [-0.05, 0) is 43.8 Å². The summed E-state index contributed by atoms with van der Waals surface area (Å²) < 4.78 is 6.76. The van der Waals surface area contributed by atoms with Crippen LogP contribution in [0.2, 0.25) is 0 Å². The predicted octanol–water partition coefficient (Wildman–Crippen LogP) is 2.71. The number of ether oxygens (including phenoxy) is 1. The molecule has 7 heteroatoms. The number of amides is 2. The van der Waals surface area contributed by atoms with Gasteiger partial charge in [0.2, 0.25) is 11.8 Å². The molecule has 1 heterocycles. The van der Waals surface area contributed by atoms with Gasteiger partial charge < -0.3 is 10.1 Å². The number of benzene rings is 1. The van der Waals surface area contributed by atoms with Crippen LogP contribution in [0.1, 0.15) is 13.8 Å². The van der Waals surface area contributed by atoms with Crippen LogP contribution in [0.5, 0.6) is 5.75 Å². The number of carbonyl (C=O) groups is 2. The molecule has 2 amide bonds. The minimum atomic E-state index is -0.507. The topological polar surface area (TPSA) is 58.6 Å². The van der Waals surface area contributed by atoms with Crippen LogP contribution in [-0.2, 0) is 9.59 Å². The van der Waals surface area contributed by atoms with Crippen molar-refractivity contribution in [3.8, 4) is 5.75 Å². The molecule has 21 heavy (non-hydrogen) atoms. The Kier molecular flexibility index (Phi) is 4.93. The molecule has 0 bridgehead atoms. The SMILES string of the molecule is COc1cc(N2CC(=O)NC(C(C)C)C2=O)c(Br)cc1Br. The van der Waals surface area contributed by atoms with Crippen LogP contribution in [0.15, 0.2) is 21.1 Å². The minimum Gasteiger partial charge on any atom is -0.495 e. The van der Waals surface area contributed by atoms with Gasteiger partial charge in [-0.15, -0.1) is 0 Å². The van der Waals surface area contributed by atoms with Gasteiger partial charge in [0.25, 0.3) is 0 Å². The fourth-order valence-corrected chi connectivity index (χ4v) is 3.58. The molecule has 1 aliphatic heterocycles. The van der Waals surface area contributed by atoms with Crippen molar-refractivity contribution in [1.29, 1.82) is 0 Å². The van der Waals surface area contributed by atoms with Crippen molar-refractivity contribution in [2.45, 2.75) is 19.9 Å². The van der Waals surface area contributed by atoms with Crippen LogP contribution in [-0.4, -0.2) is 31.5 Å². The van der Waals surface area contributed by atoms with Gasteiger partial charge in [-0.2, -0.15) is 0 Å². The zero-order valence-electron chi connectivity index (χ0n) is 11.9. The maximum absolute atomic E-state index is 12.6. The van der Waals surface area contributed by atoms with Crippen molar-refractivity contribution in [1.82, 2.24) is 5.32 Å². The van der Waals surface area contributed by atoms with Gasteiger partial charge >= 0.3 is 0 Å². The van der Waals surface area contributed by atoms with E-state index in [1.165, 1.54) is 4.90 Å². The number of anilines is 1. The van der Waals surface area contributed by atoms with Crippen molar-refractivity contribution in [2.75, 3.05) is 18.6 Å². The van der Waals surface area contributed by atoms with Gasteiger partial charge in [0.15, 0.2) is 0 Å². The van der Waals surface area contributed by atoms with E-state index in [9.17, 15) is 9.59 Å². The zero-order valence-corrected chi connectivity index (χ0v) is 15.1. The van der Waals surface area contributed by atoms with E-state index in [-0.39, 0.29) is 24.3 Å². The lowest BCUT2D eigenvalue weighted by Gasteiger charge is -2.35. The van der Waals surface area contributed by atoms with E-state index in [1.807, 2.05) is 13.8 Å². The third-order valence-corrected chi connectivity index (χ3v) is 4.58.